The predicted molar refractivity (Wildman–Crippen MR) is 72.6 cm³/mol. The average Bonchev–Trinajstić information content (AvgIpc) is 2.46. The Balaban J connectivity index is 2.55. The molecule has 0 aliphatic rings. The van der Waals surface area contributed by atoms with Gasteiger partial charge < -0.3 is 14.9 Å². The fraction of sp³-hybridized carbons (Fsp3) is 0.400. The first-order valence-electron chi connectivity index (χ1n) is 6.21. The zero-order valence-electron chi connectivity index (χ0n) is 11.2. The second kappa shape index (κ2) is 7.71. The van der Waals surface area contributed by atoms with Crippen LogP contribution in [0.15, 0.2) is 42.5 Å². The highest BCUT2D eigenvalue weighted by atomic mass is 16.5. The van der Waals surface area contributed by atoms with Crippen LogP contribution in [0, 0.1) is 0 Å². The van der Waals surface area contributed by atoms with Crippen molar-refractivity contribution in [2.24, 2.45) is 0 Å². The molecule has 0 aliphatic heterocycles. The van der Waals surface area contributed by atoms with Crippen LogP contribution in [-0.2, 0) is 9.53 Å². The summed E-state index contributed by atoms with van der Waals surface area (Å²) >= 11 is 0. The van der Waals surface area contributed by atoms with Gasteiger partial charge in [-0.1, -0.05) is 43.3 Å². The smallest absolute Gasteiger partial charge is 0.330 e. The second-order valence-electron chi connectivity index (χ2n) is 4.42. The van der Waals surface area contributed by atoms with Crippen molar-refractivity contribution in [3.05, 3.63) is 48.0 Å². The normalized spacial score (nSPS) is 16.0. The lowest BCUT2D eigenvalue weighted by Gasteiger charge is -2.23. The van der Waals surface area contributed by atoms with E-state index in [2.05, 4.69) is 4.74 Å². The molecule has 19 heavy (non-hydrogen) atoms. The molecule has 104 valence electrons. The third-order valence-corrected chi connectivity index (χ3v) is 3.06. The van der Waals surface area contributed by atoms with Crippen LogP contribution in [0.2, 0.25) is 0 Å². The van der Waals surface area contributed by atoms with Gasteiger partial charge in [-0.05, 0) is 12.0 Å². The Kier molecular flexibility index (Phi) is 6.25. The summed E-state index contributed by atoms with van der Waals surface area (Å²) in [7, 11) is 1.29. The molecule has 1 aromatic carbocycles. The Labute approximate surface area is 113 Å². The summed E-state index contributed by atoms with van der Waals surface area (Å²) in [5.41, 5.74) is 0.964. The molecule has 1 aromatic rings. The fourth-order valence-electron chi connectivity index (χ4n) is 1.80. The molecule has 4 heteroatoms. The third kappa shape index (κ3) is 4.85. The van der Waals surface area contributed by atoms with Crippen LogP contribution >= 0.6 is 0 Å². The number of hydrogen-bond acceptors (Lipinski definition) is 4. The molecule has 2 N–H and O–H groups in total. The maximum absolute atomic E-state index is 10.9. The van der Waals surface area contributed by atoms with Crippen LogP contribution in [0.25, 0.3) is 0 Å². The molecule has 1 rings (SSSR count). The van der Waals surface area contributed by atoms with E-state index in [1.807, 2.05) is 37.3 Å². The zero-order valence-corrected chi connectivity index (χ0v) is 11.2. The van der Waals surface area contributed by atoms with E-state index in [-0.39, 0.29) is 12.3 Å². The van der Waals surface area contributed by atoms with Crippen LogP contribution in [0.1, 0.15) is 24.8 Å². The first-order valence-corrected chi connectivity index (χ1v) is 6.21. The van der Waals surface area contributed by atoms with Crippen LogP contribution in [-0.4, -0.2) is 35.5 Å². The lowest BCUT2D eigenvalue weighted by atomic mass is 9.91. The fourth-order valence-corrected chi connectivity index (χ4v) is 1.80. The van der Waals surface area contributed by atoms with Crippen molar-refractivity contribution in [1.29, 1.82) is 0 Å². The zero-order chi connectivity index (χ0) is 14.3. The summed E-state index contributed by atoms with van der Waals surface area (Å²) in [4.78, 5) is 10.9. The number of carbonyl (C=O) groups is 1. The van der Waals surface area contributed by atoms with E-state index in [0.717, 1.165) is 5.56 Å². The van der Waals surface area contributed by atoms with Gasteiger partial charge in [0.2, 0.25) is 0 Å². The van der Waals surface area contributed by atoms with Crippen molar-refractivity contribution in [3.63, 3.8) is 0 Å². The molecule has 0 amide bonds. The summed E-state index contributed by atoms with van der Waals surface area (Å²) in [5, 5.41) is 19.9. The Morgan fingerprint density at radius 2 is 1.95 bits per heavy atom. The number of benzene rings is 1. The Morgan fingerprint density at radius 1 is 1.32 bits per heavy atom. The quantitative estimate of drug-likeness (QED) is 0.605. The van der Waals surface area contributed by atoms with Gasteiger partial charge in [-0.25, -0.2) is 4.79 Å². The summed E-state index contributed by atoms with van der Waals surface area (Å²) in [5.74, 6) is -0.652. The summed E-state index contributed by atoms with van der Waals surface area (Å²) in [6.07, 6.45) is 1.13. The van der Waals surface area contributed by atoms with Crippen molar-refractivity contribution in [2.45, 2.75) is 31.5 Å². The third-order valence-electron chi connectivity index (χ3n) is 3.06. The summed E-state index contributed by atoms with van der Waals surface area (Å²) in [6.45, 7) is 1.85. The molecule has 0 fully saturated rings. The SMILES string of the molecule is COC(=O)/C=C\C[C@@H](O)[C@H](O)[C@H](C)c1ccccc1. The van der Waals surface area contributed by atoms with Crippen molar-refractivity contribution >= 4 is 5.97 Å². The maximum Gasteiger partial charge on any atom is 0.330 e. The van der Waals surface area contributed by atoms with Gasteiger partial charge in [0.1, 0.15) is 0 Å². The number of rotatable bonds is 6. The molecule has 0 aliphatic carbocycles. The molecule has 4 nitrogen and oxygen atoms in total. The first-order chi connectivity index (χ1) is 9.06. The van der Waals surface area contributed by atoms with Gasteiger partial charge in [0.15, 0.2) is 0 Å². The van der Waals surface area contributed by atoms with E-state index in [0.29, 0.717) is 0 Å². The molecule has 0 bridgehead atoms. The van der Waals surface area contributed by atoms with Gasteiger partial charge in [0.25, 0.3) is 0 Å². The summed E-state index contributed by atoms with van der Waals surface area (Å²) in [6, 6.07) is 9.50. The van der Waals surface area contributed by atoms with Gasteiger partial charge >= 0.3 is 5.97 Å². The van der Waals surface area contributed by atoms with Gasteiger partial charge in [0.05, 0.1) is 19.3 Å². The van der Waals surface area contributed by atoms with E-state index in [1.165, 1.54) is 19.3 Å². The number of methoxy groups -OCH3 is 1. The number of aliphatic hydroxyl groups excluding tert-OH is 2. The minimum Gasteiger partial charge on any atom is -0.466 e. The molecule has 0 heterocycles. The standard InChI is InChI=1S/C15H20O4/c1-11(12-7-4-3-5-8-12)15(18)13(16)9-6-10-14(17)19-2/h3-8,10-11,13,15-16,18H,9H2,1-2H3/b10-6-/t11-,13-,15-/m1/s1. The van der Waals surface area contributed by atoms with E-state index in [1.54, 1.807) is 0 Å². The van der Waals surface area contributed by atoms with Gasteiger partial charge in [-0.15, -0.1) is 0 Å². The number of hydrogen-bond donors (Lipinski definition) is 2. The molecule has 0 unspecified atom stereocenters. The highest BCUT2D eigenvalue weighted by Crippen LogP contribution is 2.22. The van der Waals surface area contributed by atoms with E-state index in [4.69, 9.17) is 0 Å². The highest BCUT2D eigenvalue weighted by molar-refractivity contribution is 5.81. The Hall–Kier alpha value is -1.65. The molecule has 0 radical (unpaired) electrons. The topological polar surface area (TPSA) is 66.8 Å². The van der Waals surface area contributed by atoms with Crippen LogP contribution in [0.4, 0.5) is 0 Å². The Bertz CT molecular complexity index is 413. The molecule has 0 saturated carbocycles. The minimum absolute atomic E-state index is 0.178. The number of carbonyl (C=O) groups excluding carboxylic acids is 1. The minimum atomic E-state index is -0.920. The van der Waals surface area contributed by atoms with Gasteiger partial charge in [0, 0.05) is 12.0 Å². The van der Waals surface area contributed by atoms with Gasteiger partial charge in [-0.3, -0.25) is 0 Å². The molecule has 3 atom stereocenters. The predicted octanol–water partition coefficient (Wildman–Crippen LogP) is 1.63. The maximum atomic E-state index is 10.9. The summed E-state index contributed by atoms with van der Waals surface area (Å²) < 4.78 is 4.44. The van der Waals surface area contributed by atoms with E-state index >= 15 is 0 Å². The first kappa shape index (κ1) is 15.4. The van der Waals surface area contributed by atoms with Crippen molar-refractivity contribution in [3.8, 4) is 0 Å². The van der Waals surface area contributed by atoms with E-state index in [9.17, 15) is 15.0 Å². The highest BCUT2D eigenvalue weighted by Gasteiger charge is 2.23. The van der Waals surface area contributed by atoms with Crippen LogP contribution < -0.4 is 0 Å². The largest absolute Gasteiger partial charge is 0.466 e. The number of aliphatic hydroxyl groups is 2. The molecule has 0 aromatic heterocycles. The molecule has 0 spiro atoms. The molecular weight excluding hydrogens is 244 g/mol. The van der Waals surface area contributed by atoms with E-state index < -0.39 is 18.2 Å². The molecular formula is C15H20O4. The van der Waals surface area contributed by atoms with Crippen LogP contribution in [0.5, 0.6) is 0 Å². The van der Waals surface area contributed by atoms with Crippen molar-refractivity contribution in [1.82, 2.24) is 0 Å². The van der Waals surface area contributed by atoms with Crippen LogP contribution in [0.3, 0.4) is 0 Å². The van der Waals surface area contributed by atoms with Crippen molar-refractivity contribution < 1.29 is 19.7 Å². The Morgan fingerprint density at radius 3 is 2.53 bits per heavy atom. The van der Waals surface area contributed by atoms with Crippen molar-refractivity contribution in [2.75, 3.05) is 7.11 Å². The number of ether oxygens (including phenoxy) is 1. The number of esters is 1. The molecule has 0 saturated heterocycles. The van der Waals surface area contributed by atoms with Gasteiger partial charge in [-0.2, -0.15) is 0 Å². The lowest BCUT2D eigenvalue weighted by molar-refractivity contribution is -0.134. The average molecular weight is 264 g/mol. The second-order valence-corrected chi connectivity index (χ2v) is 4.42. The monoisotopic (exact) mass is 264 g/mol. The lowest BCUT2D eigenvalue weighted by Crippen LogP contribution is -2.30.